The summed E-state index contributed by atoms with van der Waals surface area (Å²) in [6, 6.07) is -0.897. The van der Waals surface area contributed by atoms with Crippen LogP contribution in [0.5, 0.6) is 0 Å². The van der Waals surface area contributed by atoms with Crippen molar-refractivity contribution in [3.63, 3.8) is 0 Å². The van der Waals surface area contributed by atoms with Crippen LogP contribution in [0, 0.1) is 0 Å². The number of carbonyl (C=O) groups is 1. The lowest BCUT2D eigenvalue weighted by Crippen LogP contribution is -2.44. The monoisotopic (exact) mass is 269 g/mol. The Hall–Kier alpha value is -0.443. The summed E-state index contributed by atoms with van der Waals surface area (Å²) in [5.74, 6) is -1.47. The summed E-state index contributed by atoms with van der Waals surface area (Å²) >= 11 is 0. The molecule has 0 aliphatic rings. The molecule has 1 atom stereocenters. The van der Waals surface area contributed by atoms with Gasteiger partial charge in [-0.1, -0.05) is 19.6 Å². The third-order valence-electron chi connectivity index (χ3n) is 1.92. The molecule has 3 N–H and O–H groups in total. The van der Waals surface area contributed by atoms with Gasteiger partial charge in [0.1, 0.15) is 6.04 Å². The molecule has 0 saturated heterocycles. The van der Waals surface area contributed by atoms with E-state index in [1.807, 2.05) is 24.4 Å². The van der Waals surface area contributed by atoms with Crippen LogP contribution in [0.1, 0.15) is 0 Å². The molecule has 16 heavy (non-hydrogen) atoms. The van der Waals surface area contributed by atoms with Crippen LogP contribution >= 0.6 is 0 Å². The zero-order valence-corrected chi connectivity index (χ0v) is 11.5. The molecule has 0 aromatic rings. The Bertz CT molecular complexity index is 335. The molecule has 0 aromatic carbocycles. The van der Waals surface area contributed by atoms with Gasteiger partial charge in [0.25, 0.3) is 0 Å². The van der Waals surface area contributed by atoms with Crippen LogP contribution in [0.2, 0.25) is 25.7 Å². The van der Waals surface area contributed by atoms with E-state index in [1.165, 1.54) is 0 Å². The summed E-state index contributed by atoms with van der Waals surface area (Å²) in [6.45, 7) is 5.34. The molecule has 8 heteroatoms. The van der Waals surface area contributed by atoms with Crippen LogP contribution < -0.4 is 4.72 Å². The van der Waals surface area contributed by atoms with Gasteiger partial charge in [0.2, 0.25) is 10.0 Å². The van der Waals surface area contributed by atoms with Gasteiger partial charge in [0, 0.05) is 8.07 Å². The van der Waals surface area contributed by atoms with Crippen molar-refractivity contribution < 1.29 is 23.4 Å². The van der Waals surface area contributed by atoms with Crippen molar-refractivity contribution in [2.24, 2.45) is 0 Å². The highest BCUT2D eigenvalue weighted by molar-refractivity contribution is 7.89. The van der Waals surface area contributed by atoms with Crippen LogP contribution in [0.15, 0.2) is 0 Å². The lowest BCUT2D eigenvalue weighted by Gasteiger charge is -2.17. The van der Waals surface area contributed by atoms with Gasteiger partial charge >= 0.3 is 5.97 Å². The van der Waals surface area contributed by atoms with E-state index < -0.39 is 36.7 Å². The van der Waals surface area contributed by atoms with Crippen LogP contribution in [0.3, 0.4) is 0 Å². The average molecular weight is 269 g/mol. The maximum Gasteiger partial charge on any atom is 0.324 e. The highest BCUT2D eigenvalue weighted by atomic mass is 32.2. The zero-order chi connectivity index (χ0) is 13.0. The van der Waals surface area contributed by atoms with Crippen LogP contribution in [-0.4, -0.2) is 51.1 Å². The van der Waals surface area contributed by atoms with E-state index in [0.717, 1.165) is 0 Å². The molecule has 0 amide bonds. The van der Waals surface area contributed by atoms with Gasteiger partial charge in [-0.15, -0.1) is 0 Å². The number of aliphatic carboxylic acids is 1. The van der Waals surface area contributed by atoms with E-state index in [-0.39, 0.29) is 5.75 Å². The second-order valence-electron chi connectivity index (χ2n) is 4.82. The van der Waals surface area contributed by atoms with Gasteiger partial charge in [0.15, 0.2) is 0 Å². The molecular formula is C8H19NO5SSi. The van der Waals surface area contributed by atoms with Crippen molar-refractivity contribution in [1.29, 1.82) is 0 Å². The third-order valence-corrected chi connectivity index (χ3v) is 5.42. The highest BCUT2D eigenvalue weighted by Gasteiger charge is 2.25. The molecule has 0 saturated carbocycles. The van der Waals surface area contributed by atoms with Crippen molar-refractivity contribution in [2.75, 3.05) is 12.4 Å². The van der Waals surface area contributed by atoms with E-state index in [1.54, 1.807) is 0 Å². The first-order valence-electron chi connectivity index (χ1n) is 4.91. The Morgan fingerprint density at radius 3 is 2.19 bits per heavy atom. The van der Waals surface area contributed by atoms with Gasteiger partial charge in [-0.25, -0.2) is 8.42 Å². The lowest BCUT2D eigenvalue weighted by atomic mass is 10.3. The number of rotatable bonds is 7. The topological polar surface area (TPSA) is 104 Å². The van der Waals surface area contributed by atoms with Gasteiger partial charge in [0.05, 0.1) is 12.4 Å². The minimum atomic E-state index is -3.63. The predicted molar refractivity (Wildman–Crippen MR) is 63.6 cm³/mol. The number of carboxylic acids is 1. The number of nitrogens with one attached hydrogen (secondary N) is 1. The molecule has 0 spiro atoms. The normalized spacial score (nSPS) is 14.8. The first-order valence-corrected chi connectivity index (χ1v) is 10.3. The minimum Gasteiger partial charge on any atom is -0.480 e. The summed E-state index contributed by atoms with van der Waals surface area (Å²) in [4.78, 5) is 10.5. The van der Waals surface area contributed by atoms with Crippen molar-refractivity contribution >= 4 is 24.1 Å². The van der Waals surface area contributed by atoms with Crippen molar-refractivity contribution in [3.8, 4) is 0 Å². The van der Waals surface area contributed by atoms with Crippen LogP contribution in [-0.2, 0) is 14.8 Å². The molecular weight excluding hydrogens is 250 g/mol. The molecule has 96 valence electrons. The molecule has 0 fully saturated rings. The van der Waals surface area contributed by atoms with Crippen molar-refractivity contribution in [2.45, 2.75) is 31.7 Å². The summed E-state index contributed by atoms with van der Waals surface area (Å²) in [5.41, 5.74) is 0. The molecule has 0 aliphatic carbocycles. The number of aliphatic hydroxyl groups is 1. The quantitative estimate of drug-likeness (QED) is 0.550. The van der Waals surface area contributed by atoms with E-state index in [9.17, 15) is 13.2 Å². The SMILES string of the molecule is C[Si](C)(C)CCS(=O)(=O)N[C@H](CO)C(=O)O. The van der Waals surface area contributed by atoms with Gasteiger partial charge < -0.3 is 10.2 Å². The zero-order valence-electron chi connectivity index (χ0n) is 9.73. The molecule has 0 rings (SSSR count). The number of aliphatic hydroxyl groups excluding tert-OH is 1. The van der Waals surface area contributed by atoms with E-state index in [4.69, 9.17) is 10.2 Å². The van der Waals surface area contributed by atoms with Gasteiger partial charge in [-0.3, -0.25) is 4.79 Å². The Labute approximate surface area is 96.7 Å². The molecule has 0 aromatic heterocycles. The number of sulfonamides is 1. The third kappa shape index (κ3) is 6.93. The summed E-state index contributed by atoms with van der Waals surface area (Å²) in [7, 11) is -5.11. The molecule has 0 radical (unpaired) electrons. The largest absolute Gasteiger partial charge is 0.480 e. The predicted octanol–water partition coefficient (Wildman–Crippen LogP) is -0.310. The fourth-order valence-electron chi connectivity index (χ4n) is 0.882. The maximum atomic E-state index is 11.5. The number of hydrogen-bond acceptors (Lipinski definition) is 4. The fraction of sp³-hybridized carbons (Fsp3) is 0.875. The Kier molecular flexibility index (Phi) is 5.60. The summed E-state index contributed by atoms with van der Waals surface area (Å²) in [5, 5.41) is 17.3. The number of hydrogen-bond donors (Lipinski definition) is 3. The molecule has 0 unspecified atom stereocenters. The first-order chi connectivity index (χ1) is 7.07. The van der Waals surface area contributed by atoms with E-state index >= 15 is 0 Å². The van der Waals surface area contributed by atoms with Gasteiger partial charge in [-0.05, 0) is 6.04 Å². The Balaban J connectivity index is 4.41. The second kappa shape index (κ2) is 5.76. The number of carboxylic acid groups (broad SMARTS) is 1. The summed E-state index contributed by atoms with van der Waals surface area (Å²) in [6.07, 6.45) is 0. The van der Waals surface area contributed by atoms with E-state index in [2.05, 4.69) is 0 Å². The summed E-state index contributed by atoms with van der Waals surface area (Å²) < 4.78 is 24.9. The smallest absolute Gasteiger partial charge is 0.324 e. The lowest BCUT2D eigenvalue weighted by molar-refractivity contribution is -0.139. The maximum absolute atomic E-state index is 11.5. The first kappa shape index (κ1) is 15.6. The molecule has 6 nitrogen and oxygen atoms in total. The Morgan fingerprint density at radius 2 is 1.88 bits per heavy atom. The fourth-order valence-corrected chi connectivity index (χ4v) is 5.13. The van der Waals surface area contributed by atoms with Crippen LogP contribution in [0.4, 0.5) is 0 Å². The highest BCUT2D eigenvalue weighted by Crippen LogP contribution is 2.09. The standard InChI is InChI=1S/C8H19NO5SSi/c1-16(2,3)5-4-15(13,14)9-7(6-10)8(11)12/h7,9-10H,4-6H2,1-3H3,(H,11,12)/t7-/m1/s1. The molecule has 0 bridgehead atoms. The average Bonchev–Trinajstić information content (AvgIpc) is 2.10. The van der Waals surface area contributed by atoms with Crippen molar-refractivity contribution in [3.05, 3.63) is 0 Å². The molecule has 0 aliphatic heterocycles. The van der Waals surface area contributed by atoms with Gasteiger partial charge in [-0.2, -0.15) is 4.72 Å². The van der Waals surface area contributed by atoms with Crippen molar-refractivity contribution in [1.82, 2.24) is 4.72 Å². The second-order valence-corrected chi connectivity index (χ2v) is 12.3. The minimum absolute atomic E-state index is 0.0908. The molecule has 0 heterocycles. The van der Waals surface area contributed by atoms with E-state index in [0.29, 0.717) is 6.04 Å². The Morgan fingerprint density at radius 1 is 1.38 bits per heavy atom. The van der Waals surface area contributed by atoms with Crippen LogP contribution in [0.25, 0.3) is 0 Å².